The van der Waals surface area contributed by atoms with Gasteiger partial charge < -0.3 is 10.8 Å². The van der Waals surface area contributed by atoms with E-state index in [1.807, 2.05) is 6.21 Å². The molecule has 1 unspecified atom stereocenters. The van der Waals surface area contributed by atoms with Crippen molar-refractivity contribution >= 4 is 18.0 Å². The minimum Gasteiger partial charge on any atom is -0.391 e. The molecule has 0 aromatic heterocycles. The van der Waals surface area contributed by atoms with Crippen LogP contribution in [0.25, 0.3) is 0 Å². The Kier molecular flexibility index (Phi) is 7.11. The fraction of sp³-hybridized carbons (Fsp3) is 0.812. The lowest BCUT2D eigenvalue weighted by molar-refractivity contribution is 0.124. The third-order valence-corrected chi connectivity index (χ3v) is 5.33. The van der Waals surface area contributed by atoms with Gasteiger partial charge in [-0.3, -0.25) is 4.99 Å². The third kappa shape index (κ3) is 5.58. The van der Waals surface area contributed by atoms with Crippen LogP contribution in [0.5, 0.6) is 0 Å². The lowest BCUT2D eigenvalue weighted by atomic mass is 9.84. The van der Waals surface area contributed by atoms with Crippen molar-refractivity contribution in [3.63, 3.8) is 0 Å². The number of rotatable bonds is 7. The van der Waals surface area contributed by atoms with Gasteiger partial charge in [-0.25, -0.2) is 0 Å². The number of nitrogens with zero attached hydrogens (tertiary/aromatic N) is 1. The van der Waals surface area contributed by atoms with Crippen molar-refractivity contribution in [1.82, 2.24) is 0 Å². The van der Waals surface area contributed by atoms with Crippen LogP contribution in [0.15, 0.2) is 16.1 Å². The van der Waals surface area contributed by atoms with Gasteiger partial charge in [0.1, 0.15) is 0 Å². The van der Waals surface area contributed by atoms with E-state index in [4.69, 9.17) is 5.73 Å². The highest BCUT2D eigenvalue weighted by atomic mass is 32.2. The molecule has 0 amide bonds. The maximum Gasteiger partial charge on any atom is 0.0916 e. The summed E-state index contributed by atoms with van der Waals surface area (Å²) in [6.07, 6.45) is 14.4. The Balaban J connectivity index is 1.61. The molecule has 1 heterocycles. The van der Waals surface area contributed by atoms with Crippen LogP contribution >= 0.6 is 11.8 Å². The van der Waals surface area contributed by atoms with E-state index in [9.17, 15) is 5.11 Å². The Morgan fingerprint density at radius 1 is 1.30 bits per heavy atom. The highest BCUT2D eigenvalue weighted by Crippen LogP contribution is 2.28. The molecule has 0 aromatic carbocycles. The van der Waals surface area contributed by atoms with Crippen molar-refractivity contribution in [1.29, 1.82) is 0 Å². The van der Waals surface area contributed by atoms with Gasteiger partial charge in [0, 0.05) is 18.0 Å². The average molecular weight is 296 g/mol. The summed E-state index contributed by atoms with van der Waals surface area (Å²) in [4.78, 5) is 4.35. The number of hydrogen-bond donors (Lipinski definition) is 2. The number of allylic oxidation sites excluding steroid dienone is 1. The van der Waals surface area contributed by atoms with Crippen LogP contribution in [0, 0.1) is 5.92 Å². The molecule has 0 aromatic rings. The zero-order valence-electron chi connectivity index (χ0n) is 12.3. The van der Waals surface area contributed by atoms with Gasteiger partial charge in [0.2, 0.25) is 0 Å². The van der Waals surface area contributed by atoms with Crippen molar-refractivity contribution in [3.05, 3.63) is 11.1 Å². The molecule has 3 N–H and O–H groups in total. The van der Waals surface area contributed by atoms with Crippen LogP contribution in [0.4, 0.5) is 0 Å². The van der Waals surface area contributed by atoms with E-state index in [0.29, 0.717) is 0 Å². The highest BCUT2D eigenvalue weighted by Gasteiger charge is 2.21. The SMILES string of the molecule is N[C@@H](CC1CCCCC1)C(O)CCSC1=CCCC=N1. The second-order valence-electron chi connectivity index (χ2n) is 6.04. The van der Waals surface area contributed by atoms with E-state index in [-0.39, 0.29) is 12.1 Å². The molecule has 4 heteroatoms. The maximum atomic E-state index is 10.2. The molecule has 0 radical (unpaired) electrons. The van der Waals surface area contributed by atoms with Crippen molar-refractivity contribution < 1.29 is 5.11 Å². The quantitative estimate of drug-likeness (QED) is 0.756. The van der Waals surface area contributed by atoms with E-state index in [1.54, 1.807) is 11.8 Å². The Bertz CT molecular complexity index is 337. The smallest absolute Gasteiger partial charge is 0.0916 e. The van der Waals surface area contributed by atoms with Gasteiger partial charge in [0.25, 0.3) is 0 Å². The van der Waals surface area contributed by atoms with Crippen LogP contribution in [-0.4, -0.2) is 29.2 Å². The average Bonchev–Trinajstić information content (AvgIpc) is 2.49. The molecule has 0 spiro atoms. The van der Waals surface area contributed by atoms with E-state index in [0.717, 1.165) is 42.4 Å². The van der Waals surface area contributed by atoms with E-state index in [1.165, 1.54) is 32.1 Å². The summed E-state index contributed by atoms with van der Waals surface area (Å²) < 4.78 is 0. The van der Waals surface area contributed by atoms with E-state index in [2.05, 4.69) is 11.1 Å². The molecular weight excluding hydrogens is 268 g/mol. The topological polar surface area (TPSA) is 58.6 Å². The summed E-state index contributed by atoms with van der Waals surface area (Å²) >= 11 is 1.74. The van der Waals surface area contributed by atoms with Gasteiger partial charge in [-0.15, -0.1) is 11.8 Å². The monoisotopic (exact) mass is 296 g/mol. The number of hydrogen-bond acceptors (Lipinski definition) is 4. The predicted molar refractivity (Wildman–Crippen MR) is 88.1 cm³/mol. The predicted octanol–water partition coefficient (Wildman–Crippen LogP) is 3.47. The summed E-state index contributed by atoms with van der Waals surface area (Å²) in [5.74, 6) is 1.65. The molecule has 0 saturated heterocycles. The summed E-state index contributed by atoms with van der Waals surface area (Å²) in [5.41, 5.74) is 6.16. The van der Waals surface area contributed by atoms with Gasteiger partial charge in [0.05, 0.1) is 11.1 Å². The second kappa shape index (κ2) is 8.85. The minimum absolute atomic E-state index is 0.0532. The summed E-state index contributed by atoms with van der Waals surface area (Å²) in [7, 11) is 0. The normalized spacial score (nSPS) is 23.4. The van der Waals surface area contributed by atoms with E-state index >= 15 is 0 Å². The molecular formula is C16H28N2OS. The van der Waals surface area contributed by atoms with Crippen molar-refractivity contribution in [2.24, 2.45) is 16.6 Å². The molecule has 1 aliphatic heterocycles. The fourth-order valence-electron chi connectivity index (χ4n) is 3.05. The van der Waals surface area contributed by atoms with Crippen molar-refractivity contribution in [2.45, 2.75) is 69.9 Å². The Morgan fingerprint density at radius 2 is 2.10 bits per heavy atom. The number of aliphatic hydroxyl groups is 1. The third-order valence-electron chi connectivity index (χ3n) is 4.32. The van der Waals surface area contributed by atoms with E-state index < -0.39 is 0 Å². The van der Waals surface area contributed by atoms with Gasteiger partial charge in [-0.1, -0.05) is 38.2 Å². The number of thioether (sulfide) groups is 1. The molecule has 2 aliphatic rings. The minimum atomic E-state index is -0.363. The van der Waals surface area contributed by atoms with Crippen LogP contribution in [0.1, 0.15) is 57.8 Å². The number of aliphatic imine (C=N–C) groups is 1. The zero-order chi connectivity index (χ0) is 14.2. The highest BCUT2D eigenvalue weighted by molar-refractivity contribution is 8.03. The fourth-order valence-corrected chi connectivity index (χ4v) is 4.00. The van der Waals surface area contributed by atoms with Crippen molar-refractivity contribution in [3.8, 4) is 0 Å². The Labute approximate surface area is 127 Å². The van der Waals surface area contributed by atoms with Crippen LogP contribution < -0.4 is 5.73 Å². The molecule has 1 fully saturated rings. The van der Waals surface area contributed by atoms with Gasteiger partial charge in [-0.05, 0) is 31.6 Å². The van der Waals surface area contributed by atoms with Gasteiger partial charge >= 0.3 is 0 Å². The largest absolute Gasteiger partial charge is 0.391 e. The second-order valence-corrected chi connectivity index (χ2v) is 7.15. The molecule has 0 bridgehead atoms. The van der Waals surface area contributed by atoms with Crippen LogP contribution in [0.2, 0.25) is 0 Å². The molecule has 20 heavy (non-hydrogen) atoms. The first-order valence-corrected chi connectivity index (χ1v) is 9.03. The standard InChI is InChI=1S/C16H28N2OS/c17-14(12-13-6-2-1-3-7-13)15(19)9-11-20-16-8-4-5-10-18-16/h8,10,13-15,19H,1-7,9,11-12,17H2/t14-,15?/m0/s1. The van der Waals surface area contributed by atoms with Crippen LogP contribution in [0.3, 0.4) is 0 Å². The number of aliphatic hydroxyl groups excluding tert-OH is 1. The maximum absolute atomic E-state index is 10.2. The molecule has 1 saturated carbocycles. The molecule has 2 rings (SSSR count). The first-order valence-electron chi connectivity index (χ1n) is 8.05. The molecule has 1 aliphatic carbocycles. The zero-order valence-corrected chi connectivity index (χ0v) is 13.2. The lowest BCUT2D eigenvalue weighted by Crippen LogP contribution is -2.37. The van der Waals surface area contributed by atoms with Gasteiger partial charge in [0.15, 0.2) is 0 Å². The van der Waals surface area contributed by atoms with Gasteiger partial charge in [-0.2, -0.15) is 0 Å². The summed E-state index contributed by atoms with van der Waals surface area (Å²) in [6, 6.07) is -0.0532. The Morgan fingerprint density at radius 3 is 2.80 bits per heavy atom. The molecule has 3 nitrogen and oxygen atoms in total. The molecule has 2 atom stereocenters. The summed E-state index contributed by atoms with van der Waals surface area (Å²) in [5, 5.41) is 11.3. The molecule has 114 valence electrons. The Hall–Kier alpha value is -0.320. The number of nitrogens with two attached hydrogens (primary N) is 1. The van der Waals surface area contributed by atoms with Crippen molar-refractivity contribution in [2.75, 3.05) is 5.75 Å². The first-order chi connectivity index (χ1) is 9.75. The summed E-state index contributed by atoms with van der Waals surface area (Å²) in [6.45, 7) is 0. The lowest BCUT2D eigenvalue weighted by Gasteiger charge is -2.27. The first kappa shape index (κ1) is 16.1. The van der Waals surface area contributed by atoms with Crippen LogP contribution in [-0.2, 0) is 0 Å².